The summed E-state index contributed by atoms with van der Waals surface area (Å²) in [5.41, 5.74) is 1.10. The van der Waals surface area contributed by atoms with Gasteiger partial charge in [0, 0.05) is 17.5 Å². The van der Waals surface area contributed by atoms with Gasteiger partial charge in [-0.2, -0.15) is 0 Å². The fourth-order valence-electron chi connectivity index (χ4n) is 2.30. The van der Waals surface area contributed by atoms with E-state index >= 15 is 0 Å². The maximum absolute atomic E-state index is 12.3. The van der Waals surface area contributed by atoms with E-state index in [0.29, 0.717) is 30.1 Å². The van der Waals surface area contributed by atoms with Gasteiger partial charge in [0.15, 0.2) is 0 Å². The molecule has 3 rings (SSSR count). The summed E-state index contributed by atoms with van der Waals surface area (Å²) in [6.07, 6.45) is 4.31. The molecule has 0 spiro atoms. The first-order valence-electron chi connectivity index (χ1n) is 6.18. The van der Waals surface area contributed by atoms with Crippen LogP contribution in [0.15, 0.2) is 28.4 Å². The number of thiazole rings is 1. The molecule has 1 N–H and O–H groups in total. The zero-order chi connectivity index (χ0) is 14.1. The number of aliphatic carboxylic acids is 1. The number of aromatic nitrogens is 1. The molecular formula is C13H12N2O4S. The quantitative estimate of drug-likeness (QED) is 0.936. The third-order valence-corrected chi connectivity index (χ3v) is 4.18. The van der Waals surface area contributed by atoms with Crippen LogP contribution in [0.4, 0.5) is 0 Å². The minimum absolute atomic E-state index is 0.291. The van der Waals surface area contributed by atoms with E-state index in [9.17, 15) is 9.59 Å². The van der Waals surface area contributed by atoms with Crippen molar-refractivity contribution in [1.82, 2.24) is 9.88 Å². The molecule has 2 aromatic heterocycles. The van der Waals surface area contributed by atoms with Gasteiger partial charge in [-0.15, -0.1) is 11.3 Å². The minimum atomic E-state index is -0.957. The first-order valence-corrected chi connectivity index (χ1v) is 7.06. The number of amides is 1. The van der Waals surface area contributed by atoms with Gasteiger partial charge in [-0.3, -0.25) is 4.79 Å². The number of hydrogen-bond donors (Lipinski definition) is 1. The second kappa shape index (κ2) is 5.09. The van der Waals surface area contributed by atoms with Crippen molar-refractivity contribution >= 4 is 23.2 Å². The van der Waals surface area contributed by atoms with Crippen LogP contribution in [-0.2, 0) is 4.79 Å². The third kappa shape index (κ3) is 2.20. The lowest BCUT2D eigenvalue weighted by atomic mass is 10.2. The summed E-state index contributed by atoms with van der Waals surface area (Å²) in [6, 6.07) is 1.03. The summed E-state index contributed by atoms with van der Waals surface area (Å²) in [4.78, 5) is 29.1. The van der Waals surface area contributed by atoms with Gasteiger partial charge in [0.1, 0.15) is 23.0 Å². The summed E-state index contributed by atoms with van der Waals surface area (Å²) in [5, 5.41) is 11.5. The molecule has 7 heteroatoms. The predicted molar refractivity (Wildman–Crippen MR) is 71.5 cm³/mol. The van der Waals surface area contributed by atoms with Crippen molar-refractivity contribution in [3.63, 3.8) is 0 Å². The number of likely N-dealkylation sites (tertiary alicyclic amines) is 1. The molecule has 1 saturated heterocycles. The highest BCUT2D eigenvalue weighted by molar-refractivity contribution is 7.13. The average molecular weight is 292 g/mol. The van der Waals surface area contributed by atoms with Crippen molar-refractivity contribution < 1.29 is 19.1 Å². The van der Waals surface area contributed by atoms with Gasteiger partial charge in [-0.05, 0) is 18.9 Å². The van der Waals surface area contributed by atoms with Gasteiger partial charge in [0.05, 0.1) is 6.26 Å². The number of carboxylic acids is 1. The normalized spacial score (nSPS) is 18.4. The van der Waals surface area contributed by atoms with Crippen LogP contribution in [0, 0.1) is 0 Å². The van der Waals surface area contributed by atoms with E-state index in [1.807, 2.05) is 0 Å². The molecule has 1 aliphatic heterocycles. The second-order valence-electron chi connectivity index (χ2n) is 4.54. The first-order chi connectivity index (χ1) is 9.66. The number of carbonyl (C=O) groups is 2. The van der Waals surface area contributed by atoms with Crippen LogP contribution >= 0.6 is 11.3 Å². The zero-order valence-electron chi connectivity index (χ0n) is 10.5. The molecule has 20 heavy (non-hydrogen) atoms. The van der Waals surface area contributed by atoms with Crippen molar-refractivity contribution in [2.75, 3.05) is 6.54 Å². The average Bonchev–Trinajstić information content (AvgIpc) is 3.17. The summed E-state index contributed by atoms with van der Waals surface area (Å²) in [7, 11) is 0. The summed E-state index contributed by atoms with van der Waals surface area (Å²) in [5.74, 6) is -1.28. The molecule has 0 bridgehead atoms. The molecule has 0 aromatic carbocycles. The molecule has 104 valence electrons. The lowest BCUT2D eigenvalue weighted by Gasteiger charge is -2.20. The third-order valence-electron chi connectivity index (χ3n) is 3.29. The van der Waals surface area contributed by atoms with E-state index in [1.54, 1.807) is 24.0 Å². The lowest BCUT2D eigenvalue weighted by Crippen LogP contribution is -2.40. The van der Waals surface area contributed by atoms with Crippen molar-refractivity contribution in [2.24, 2.45) is 0 Å². The lowest BCUT2D eigenvalue weighted by molar-refractivity contribution is -0.141. The molecular weight excluding hydrogens is 280 g/mol. The number of carbonyl (C=O) groups excluding carboxylic acids is 1. The summed E-state index contributed by atoms with van der Waals surface area (Å²) in [6.45, 7) is 0.467. The summed E-state index contributed by atoms with van der Waals surface area (Å²) < 4.78 is 4.98. The Morgan fingerprint density at radius 3 is 3.05 bits per heavy atom. The Balaban J connectivity index is 1.83. The first kappa shape index (κ1) is 12.9. The second-order valence-corrected chi connectivity index (χ2v) is 5.40. The molecule has 3 heterocycles. The zero-order valence-corrected chi connectivity index (χ0v) is 11.3. The number of hydrogen-bond acceptors (Lipinski definition) is 5. The van der Waals surface area contributed by atoms with Crippen LogP contribution < -0.4 is 0 Å². The largest absolute Gasteiger partial charge is 0.480 e. The molecule has 1 aliphatic rings. The maximum atomic E-state index is 12.3. The molecule has 6 nitrogen and oxygen atoms in total. The van der Waals surface area contributed by atoms with Gasteiger partial charge >= 0.3 is 5.97 Å². The van der Waals surface area contributed by atoms with Crippen LogP contribution in [0.1, 0.15) is 23.3 Å². The Bertz CT molecular complexity index is 635. The minimum Gasteiger partial charge on any atom is -0.480 e. The fraction of sp³-hybridized carbons (Fsp3) is 0.308. The Morgan fingerprint density at radius 1 is 1.50 bits per heavy atom. The van der Waals surface area contributed by atoms with Crippen LogP contribution in [-0.4, -0.2) is 39.5 Å². The van der Waals surface area contributed by atoms with E-state index in [0.717, 1.165) is 5.56 Å². The predicted octanol–water partition coefficient (Wildman–Crippen LogP) is 2.09. The van der Waals surface area contributed by atoms with Crippen LogP contribution in [0.2, 0.25) is 0 Å². The highest BCUT2D eigenvalue weighted by atomic mass is 32.1. The van der Waals surface area contributed by atoms with Crippen molar-refractivity contribution in [3.05, 3.63) is 29.7 Å². The number of nitrogens with zero attached hydrogens (tertiary/aromatic N) is 2. The van der Waals surface area contributed by atoms with Gasteiger partial charge in [-0.25, -0.2) is 9.78 Å². The Hall–Kier alpha value is -2.15. The number of furan rings is 1. The fourth-order valence-corrected chi connectivity index (χ4v) is 3.08. The molecule has 2 aromatic rings. The number of rotatable bonds is 3. The van der Waals surface area contributed by atoms with Gasteiger partial charge in [0.25, 0.3) is 5.91 Å². The van der Waals surface area contributed by atoms with Gasteiger partial charge in [-0.1, -0.05) is 0 Å². The van der Waals surface area contributed by atoms with E-state index in [2.05, 4.69) is 4.98 Å². The summed E-state index contributed by atoms with van der Waals surface area (Å²) >= 11 is 1.34. The van der Waals surface area contributed by atoms with Crippen LogP contribution in [0.3, 0.4) is 0 Å². The molecule has 0 radical (unpaired) electrons. The van der Waals surface area contributed by atoms with Crippen molar-refractivity contribution in [3.8, 4) is 10.6 Å². The van der Waals surface area contributed by atoms with Crippen LogP contribution in [0.25, 0.3) is 10.6 Å². The van der Waals surface area contributed by atoms with E-state index in [-0.39, 0.29) is 5.91 Å². The smallest absolute Gasteiger partial charge is 0.326 e. The number of carboxylic acid groups (broad SMARTS) is 1. The van der Waals surface area contributed by atoms with Crippen molar-refractivity contribution in [2.45, 2.75) is 18.9 Å². The molecule has 1 amide bonds. The standard InChI is InChI=1S/C13H12N2O4S/c16-12(15-4-1-2-10(15)13(17)18)9-7-20-11(14-9)8-3-5-19-6-8/h3,5-7,10H,1-2,4H2,(H,17,18)/t10-/m0/s1. The van der Waals surface area contributed by atoms with Crippen molar-refractivity contribution in [1.29, 1.82) is 0 Å². The topological polar surface area (TPSA) is 83.6 Å². The van der Waals surface area contributed by atoms with E-state index in [1.165, 1.54) is 16.2 Å². The Morgan fingerprint density at radius 2 is 2.35 bits per heavy atom. The molecule has 0 aliphatic carbocycles. The van der Waals surface area contributed by atoms with Crippen LogP contribution in [0.5, 0.6) is 0 Å². The Kier molecular flexibility index (Phi) is 3.27. The van der Waals surface area contributed by atoms with Gasteiger partial charge in [0.2, 0.25) is 0 Å². The molecule has 1 atom stereocenters. The highest BCUT2D eigenvalue weighted by Gasteiger charge is 2.35. The van der Waals surface area contributed by atoms with E-state index in [4.69, 9.17) is 9.52 Å². The Labute approximate surface area is 118 Å². The monoisotopic (exact) mass is 292 g/mol. The van der Waals surface area contributed by atoms with Gasteiger partial charge < -0.3 is 14.4 Å². The highest BCUT2D eigenvalue weighted by Crippen LogP contribution is 2.26. The molecule has 1 fully saturated rings. The SMILES string of the molecule is O=C(O)[C@@H]1CCCN1C(=O)c1csc(-c2ccoc2)n1. The molecule has 0 unspecified atom stereocenters. The maximum Gasteiger partial charge on any atom is 0.326 e. The molecule has 0 saturated carbocycles. The van der Waals surface area contributed by atoms with E-state index < -0.39 is 12.0 Å².